The molecular weight excluding hydrogens is 284 g/mol. The average molecular weight is 300 g/mol. The fraction of sp³-hybridized carbons (Fsp3) is 0.250. The van der Waals surface area contributed by atoms with Gasteiger partial charge in [0.2, 0.25) is 0 Å². The summed E-state index contributed by atoms with van der Waals surface area (Å²) in [5.74, 6) is -0.447. The number of nitrogens with zero attached hydrogens (tertiary/aromatic N) is 2. The Morgan fingerprint density at radius 1 is 1.38 bits per heavy atom. The molecule has 4 nitrogen and oxygen atoms in total. The first-order chi connectivity index (χ1) is 10.1. The second kappa shape index (κ2) is 5.33. The Kier molecular flexibility index (Phi) is 3.51. The van der Waals surface area contributed by atoms with Crippen molar-refractivity contribution in [2.45, 2.75) is 26.2 Å². The van der Waals surface area contributed by atoms with E-state index in [-0.39, 0.29) is 5.69 Å². The number of imidazole rings is 1. The summed E-state index contributed by atoms with van der Waals surface area (Å²) >= 11 is 1.45. The zero-order valence-electron chi connectivity index (χ0n) is 11.9. The van der Waals surface area contributed by atoms with E-state index in [2.05, 4.69) is 43.1 Å². The van der Waals surface area contributed by atoms with Crippen LogP contribution in [0.3, 0.4) is 0 Å². The third-order valence-electron chi connectivity index (χ3n) is 3.82. The number of benzene rings is 1. The quantitative estimate of drug-likeness (QED) is 0.782. The number of thiazole rings is 1. The second-order valence-corrected chi connectivity index (χ2v) is 5.97. The largest absolute Gasteiger partial charge is 0.476 e. The molecule has 0 aliphatic heterocycles. The molecule has 0 saturated heterocycles. The molecule has 1 aromatic carbocycles. The lowest BCUT2D eigenvalue weighted by atomic mass is 9.97. The smallest absolute Gasteiger partial charge is 0.356 e. The maximum absolute atomic E-state index is 11.0. The molecule has 0 bridgehead atoms. The predicted molar refractivity (Wildman–Crippen MR) is 84.2 cm³/mol. The van der Waals surface area contributed by atoms with Crippen LogP contribution in [-0.4, -0.2) is 20.5 Å². The van der Waals surface area contributed by atoms with E-state index in [1.54, 1.807) is 6.20 Å². The molecule has 3 rings (SSSR count). The average Bonchev–Trinajstić information content (AvgIpc) is 3.06. The van der Waals surface area contributed by atoms with Gasteiger partial charge in [-0.2, -0.15) is 0 Å². The first kappa shape index (κ1) is 13.8. The van der Waals surface area contributed by atoms with Gasteiger partial charge in [-0.15, -0.1) is 11.3 Å². The summed E-state index contributed by atoms with van der Waals surface area (Å²) in [6, 6.07) is 8.46. The van der Waals surface area contributed by atoms with Gasteiger partial charge in [0.25, 0.3) is 0 Å². The zero-order chi connectivity index (χ0) is 15.0. The van der Waals surface area contributed by atoms with Gasteiger partial charge >= 0.3 is 5.97 Å². The van der Waals surface area contributed by atoms with Crippen LogP contribution in [0.4, 0.5) is 0 Å². The molecule has 108 valence electrons. The fourth-order valence-corrected chi connectivity index (χ4v) is 3.19. The molecule has 1 atom stereocenters. The van der Waals surface area contributed by atoms with Gasteiger partial charge in [-0.05, 0) is 23.5 Å². The molecule has 0 spiro atoms. The number of hydrogen-bond acceptors (Lipinski definition) is 3. The lowest BCUT2D eigenvalue weighted by Crippen LogP contribution is -1.95. The number of aromatic nitrogens is 2. The van der Waals surface area contributed by atoms with Crippen LogP contribution in [0.1, 0.15) is 42.2 Å². The van der Waals surface area contributed by atoms with Crippen molar-refractivity contribution in [1.82, 2.24) is 9.38 Å². The van der Waals surface area contributed by atoms with Gasteiger partial charge in [-0.1, -0.05) is 38.1 Å². The number of rotatable bonds is 4. The summed E-state index contributed by atoms with van der Waals surface area (Å²) in [6.07, 6.45) is 2.69. The van der Waals surface area contributed by atoms with E-state index in [1.807, 2.05) is 9.78 Å². The molecule has 21 heavy (non-hydrogen) atoms. The van der Waals surface area contributed by atoms with Crippen LogP contribution in [0.25, 0.3) is 16.2 Å². The van der Waals surface area contributed by atoms with Crippen molar-refractivity contribution >= 4 is 22.3 Å². The Bertz CT molecular complexity index is 786. The third-order valence-corrected chi connectivity index (χ3v) is 4.66. The van der Waals surface area contributed by atoms with Crippen molar-refractivity contribution in [3.63, 3.8) is 0 Å². The molecule has 0 fully saturated rings. The number of aromatic carboxylic acids is 1. The number of hydrogen-bond donors (Lipinski definition) is 1. The highest BCUT2D eigenvalue weighted by Gasteiger charge is 2.13. The minimum Gasteiger partial charge on any atom is -0.476 e. The molecule has 3 aromatic rings. The summed E-state index contributed by atoms with van der Waals surface area (Å²) in [5, 5.41) is 11.0. The summed E-state index contributed by atoms with van der Waals surface area (Å²) in [7, 11) is 0. The summed E-state index contributed by atoms with van der Waals surface area (Å²) in [6.45, 7) is 4.40. The Hall–Kier alpha value is -2.14. The van der Waals surface area contributed by atoms with E-state index in [9.17, 15) is 4.79 Å². The molecule has 2 heterocycles. The Morgan fingerprint density at radius 3 is 2.71 bits per heavy atom. The van der Waals surface area contributed by atoms with E-state index in [0.29, 0.717) is 10.9 Å². The molecule has 1 unspecified atom stereocenters. The molecule has 0 aliphatic carbocycles. The van der Waals surface area contributed by atoms with Crippen LogP contribution < -0.4 is 0 Å². The number of fused-ring (bicyclic) bond motifs is 1. The Balaban J connectivity index is 2.01. The number of carboxylic acid groups (broad SMARTS) is 1. The lowest BCUT2D eigenvalue weighted by Gasteiger charge is -2.09. The highest BCUT2D eigenvalue weighted by Crippen LogP contribution is 2.28. The van der Waals surface area contributed by atoms with Gasteiger partial charge in [0, 0.05) is 11.6 Å². The molecule has 0 aliphatic rings. The van der Waals surface area contributed by atoms with Crippen LogP contribution in [0, 0.1) is 0 Å². The van der Waals surface area contributed by atoms with E-state index in [1.165, 1.54) is 16.9 Å². The Morgan fingerprint density at radius 2 is 2.10 bits per heavy atom. The zero-order valence-corrected chi connectivity index (χ0v) is 12.7. The van der Waals surface area contributed by atoms with Gasteiger partial charge in [0.05, 0.1) is 5.69 Å². The van der Waals surface area contributed by atoms with Crippen molar-refractivity contribution < 1.29 is 9.90 Å². The Labute approximate surface area is 126 Å². The van der Waals surface area contributed by atoms with E-state index >= 15 is 0 Å². The van der Waals surface area contributed by atoms with E-state index in [0.717, 1.165) is 17.7 Å². The molecule has 0 saturated carbocycles. The molecule has 5 heteroatoms. The van der Waals surface area contributed by atoms with Crippen molar-refractivity contribution in [3.8, 4) is 11.3 Å². The molecule has 0 amide bonds. The highest BCUT2D eigenvalue weighted by atomic mass is 32.1. The molecule has 1 N–H and O–H groups in total. The molecule has 2 aromatic heterocycles. The molecule has 0 radical (unpaired) electrons. The van der Waals surface area contributed by atoms with Crippen LogP contribution in [-0.2, 0) is 0 Å². The number of carboxylic acids is 1. The highest BCUT2D eigenvalue weighted by molar-refractivity contribution is 7.15. The van der Waals surface area contributed by atoms with Gasteiger partial charge in [0.15, 0.2) is 10.7 Å². The van der Waals surface area contributed by atoms with Crippen LogP contribution in [0.15, 0.2) is 35.8 Å². The first-order valence-corrected chi connectivity index (χ1v) is 7.78. The normalized spacial score (nSPS) is 12.7. The van der Waals surface area contributed by atoms with Gasteiger partial charge < -0.3 is 5.11 Å². The summed E-state index contributed by atoms with van der Waals surface area (Å²) < 4.78 is 1.84. The predicted octanol–water partition coefficient (Wildman–Crippen LogP) is 4.27. The minimum atomic E-state index is -0.996. The topological polar surface area (TPSA) is 54.6 Å². The molecular formula is C16H16N2O2S. The van der Waals surface area contributed by atoms with E-state index in [4.69, 9.17) is 5.11 Å². The van der Waals surface area contributed by atoms with Crippen LogP contribution in [0.2, 0.25) is 0 Å². The second-order valence-electron chi connectivity index (χ2n) is 5.14. The monoisotopic (exact) mass is 300 g/mol. The first-order valence-electron chi connectivity index (χ1n) is 6.90. The van der Waals surface area contributed by atoms with Crippen molar-refractivity contribution in [1.29, 1.82) is 0 Å². The minimum absolute atomic E-state index is 0.0827. The lowest BCUT2D eigenvalue weighted by molar-refractivity contribution is 0.0691. The number of carbonyl (C=O) groups is 1. The van der Waals surface area contributed by atoms with Crippen LogP contribution in [0.5, 0.6) is 0 Å². The summed E-state index contributed by atoms with van der Waals surface area (Å²) in [5.41, 5.74) is 3.46. The standard InChI is InChI=1S/C16H16N2O2S/c1-3-10(2)11-4-6-12(7-5-11)14-9-21-16-17-13(15(19)20)8-18(14)16/h4-10H,3H2,1-2H3,(H,19,20). The van der Waals surface area contributed by atoms with Gasteiger partial charge in [0.1, 0.15) is 0 Å². The fourth-order valence-electron chi connectivity index (χ4n) is 2.31. The van der Waals surface area contributed by atoms with Gasteiger partial charge in [-0.3, -0.25) is 4.40 Å². The van der Waals surface area contributed by atoms with E-state index < -0.39 is 5.97 Å². The van der Waals surface area contributed by atoms with Crippen LogP contribution >= 0.6 is 11.3 Å². The van der Waals surface area contributed by atoms with Gasteiger partial charge in [-0.25, -0.2) is 9.78 Å². The maximum Gasteiger partial charge on any atom is 0.356 e. The van der Waals surface area contributed by atoms with Crippen molar-refractivity contribution in [2.75, 3.05) is 0 Å². The van der Waals surface area contributed by atoms with Crippen molar-refractivity contribution in [2.24, 2.45) is 0 Å². The third kappa shape index (κ3) is 2.45. The van der Waals surface area contributed by atoms with Crippen molar-refractivity contribution in [3.05, 3.63) is 47.1 Å². The summed E-state index contributed by atoms with van der Waals surface area (Å²) in [4.78, 5) is 15.8. The maximum atomic E-state index is 11.0. The SMILES string of the molecule is CCC(C)c1ccc(-c2csc3nc(C(=O)O)cn23)cc1.